The van der Waals surface area contributed by atoms with E-state index in [2.05, 4.69) is 35.0 Å². The molecular weight excluding hydrogens is 376 g/mol. The Morgan fingerprint density at radius 1 is 1.27 bits per heavy atom. The molecule has 0 atom stereocenters. The SMILES string of the molecule is CCN1CC(CC#N)(n2ccc(-c3nc(C4=CCOCC4)cc4ncccc34)n2)C1. The van der Waals surface area contributed by atoms with Crippen LogP contribution in [-0.4, -0.2) is 57.5 Å². The number of likely N-dealkylation sites (tertiary alicyclic amines) is 1. The standard InChI is InChI=1S/C23H24N6O/c1-2-28-15-23(16-28,8-9-24)29-11-5-19(27-29)22-18-4-3-10-25-21(18)14-20(26-22)17-6-12-30-13-7-17/h3-6,10-11,14H,2,7-8,12-13,15-16H2,1H3. The number of ether oxygens (including phenoxy) is 1. The maximum Gasteiger partial charge on any atom is 0.111 e. The number of aromatic nitrogens is 4. The van der Waals surface area contributed by atoms with Crippen molar-refractivity contribution in [2.24, 2.45) is 0 Å². The summed E-state index contributed by atoms with van der Waals surface area (Å²) in [5, 5.41) is 15.3. The molecule has 0 radical (unpaired) electrons. The highest BCUT2D eigenvalue weighted by Crippen LogP contribution is 2.34. The third-order valence-electron chi connectivity index (χ3n) is 6.10. The van der Waals surface area contributed by atoms with Crippen LogP contribution in [0.2, 0.25) is 0 Å². The lowest BCUT2D eigenvalue weighted by Crippen LogP contribution is -2.62. The van der Waals surface area contributed by atoms with Crippen molar-refractivity contribution in [3.8, 4) is 17.5 Å². The van der Waals surface area contributed by atoms with Gasteiger partial charge in [-0.1, -0.05) is 13.0 Å². The molecule has 7 nitrogen and oxygen atoms in total. The van der Waals surface area contributed by atoms with E-state index in [-0.39, 0.29) is 5.54 Å². The van der Waals surface area contributed by atoms with Crippen molar-refractivity contribution >= 4 is 16.5 Å². The zero-order valence-corrected chi connectivity index (χ0v) is 17.1. The summed E-state index contributed by atoms with van der Waals surface area (Å²) in [5.74, 6) is 0. The van der Waals surface area contributed by atoms with E-state index in [4.69, 9.17) is 14.8 Å². The van der Waals surface area contributed by atoms with Gasteiger partial charge in [-0.25, -0.2) is 4.98 Å². The molecule has 5 rings (SSSR count). The summed E-state index contributed by atoms with van der Waals surface area (Å²) in [6, 6.07) is 10.4. The molecule has 7 heteroatoms. The van der Waals surface area contributed by atoms with Crippen LogP contribution in [0.25, 0.3) is 27.9 Å². The van der Waals surface area contributed by atoms with E-state index in [1.165, 1.54) is 5.57 Å². The Morgan fingerprint density at radius 2 is 2.17 bits per heavy atom. The Balaban J connectivity index is 1.58. The van der Waals surface area contributed by atoms with E-state index in [0.29, 0.717) is 19.6 Å². The molecule has 1 fully saturated rings. The first-order valence-corrected chi connectivity index (χ1v) is 10.4. The molecule has 0 bridgehead atoms. The van der Waals surface area contributed by atoms with Gasteiger partial charge in [0, 0.05) is 30.9 Å². The van der Waals surface area contributed by atoms with Gasteiger partial charge in [-0.15, -0.1) is 0 Å². The number of nitriles is 1. The fourth-order valence-electron chi connectivity index (χ4n) is 4.40. The number of hydrogen-bond acceptors (Lipinski definition) is 6. The summed E-state index contributed by atoms with van der Waals surface area (Å²) < 4.78 is 7.43. The predicted octanol–water partition coefficient (Wildman–Crippen LogP) is 3.24. The molecule has 0 saturated carbocycles. The average Bonchev–Trinajstić information content (AvgIpc) is 3.26. The van der Waals surface area contributed by atoms with Crippen LogP contribution in [0.1, 0.15) is 25.5 Å². The van der Waals surface area contributed by atoms with E-state index in [9.17, 15) is 5.26 Å². The molecule has 2 aliphatic heterocycles. The Bertz CT molecular complexity index is 1150. The summed E-state index contributed by atoms with van der Waals surface area (Å²) in [5.41, 5.74) is 4.43. The van der Waals surface area contributed by atoms with Crippen molar-refractivity contribution in [1.29, 1.82) is 5.26 Å². The van der Waals surface area contributed by atoms with Crippen molar-refractivity contribution in [2.45, 2.75) is 25.3 Å². The summed E-state index contributed by atoms with van der Waals surface area (Å²) >= 11 is 0. The molecular formula is C23H24N6O. The van der Waals surface area contributed by atoms with Crippen LogP contribution >= 0.6 is 0 Å². The molecule has 0 aliphatic carbocycles. The topological polar surface area (TPSA) is 79.9 Å². The maximum absolute atomic E-state index is 9.39. The summed E-state index contributed by atoms with van der Waals surface area (Å²) in [6.07, 6.45) is 7.19. The third-order valence-corrected chi connectivity index (χ3v) is 6.10. The molecule has 0 amide bonds. The highest BCUT2D eigenvalue weighted by Gasteiger charge is 2.44. The smallest absolute Gasteiger partial charge is 0.111 e. The van der Waals surface area contributed by atoms with Crippen LogP contribution in [0.4, 0.5) is 0 Å². The van der Waals surface area contributed by atoms with Gasteiger partial charge in [0.25, 0.3) is 0 Å². The van der Waals surface area contributed by atoms with Crippen molar-refractivity contribution < 1.29 is 4.74 Å². The lowest BCUT2D eigenvalue weighted by molar-refractivity contribution is 0.00964. The van der Waals surface area contributed by atoms with Gasteiger partial charge >= 0.3 is 0 Å². The molecule has 2 aliphatic rings. The average molecular weight is 400 g/mol. The lowest BCUT2D eigenvalue weighted by atomic mass is 9.87. The molecule has 152 valence electrons. The third kappa shape index (κ3) is 3.18. The Hall–Kier alpha value is -3.08. The van der Waals surface area contributed by atoms with E-state index in [1.807, 2.05) is 35.3 Å². The maximum atomic E-state index is 9.39. The fourth-order valence-corrected chi connectivity index (χ4v) is 4.40. The second kappa shape index (κ2) is 7.63. The first-order valence-electron chi connectivity index (χ1n) is 10.4. The quantitative estimate of drug-likeness (QED) is 0.654. The van der Waals surface area contributed by atoms with Crippen molar-refractivity contribution in [3.63, 3.8) is 0 Å². The molecule has 0 N–H and O–H groups in total. The van der Waals surface area contributed by atoms with Gasteiger partial charge in [-0.05, 0) is 42.8 Å². The van der Waals surface area contributed by atoms with E-state index < -0.39 is 0 Å². The monoisotopic (exact) mass is 400 g/mol. The number of nitrogens with zero attached hydrogens (tertiary/aromatic N) is 6. The van der Waals surface area contributed by atoms with Crippen LogP contribution in [0.15, 0.2) is 42.7 Å². The highest BCUT2D eigenvalue weighted by molar-refractivity contribution is 5.93. The van der Waals surface area contributed by atoms with Gasteiger partial charge in [-0.2, -0.15) is 10.4 Å². The van der Waals surface area contributed by atoms with Crippen LogP contribution in [0, 0.1) is 11.3 Å². The summed E-state index contributed by atoms with van der Waals surface area (Å²) in [7, 11) is 0. The van der Waals surface area contributed by atoms with E-state index in [1.54, 1.807) is 0 Å². The predicted molar refractivity (Wildman–Crippen MR) is 114 cm³/mol. The van der Waals surface area contributed by atoms with Crippen molar-refractivity contribution in [2.75, 3.05) is 32.8 Å². The summed E-state index contributed by atoms with van der Waals surface area (Å²) in [4.78, 5) is 11.9. The number of rotatable bonds is 5. The zero-order chi connectivity index (χ0) is 20.6. The van der Waals surface area contributed by atoms with Crippen LogP contribution in [0.3, 0.4) is 0 Å². The van der Waals surface area contributed by atoms with E-state index in [0.717, 1.165) is 54.0 Å². The lowest BCUT2D eigenvalue weighted by Gasteiger charge is -2.48. The van der Waals surface area contributed by atoms with E-state index >= 15 is 0 Å². The minimum absolute atomic E-state index is 0.252. The number of fused-ring (bicyclic) bond motifs is 1. The van der Waals surface area contributed by atoms with Gasteiger partial charge in [-0.3, -0.25) is 14.6 Å². The number of likely N-dealkylation sites (N-methyl/N-ethyl adjacent to an activating group) is 1. The zero-order valence-electron chi connectivity index (χ0n) is 17.1. The Labute approximate surface area is 175 Å². The minimum Gasteiger partial charge on any atom is -0.377 e. The Kier molecular flexibility index (Phi) is 4.81. The van der Waals surface area contributed by atoms with Gasteiger partial charge in [0.05, 0.1) is 36.9 Å². The van der Waals surface area contributed by atoms with Gasteiger partial charge in [0.2, 0.25) is 0 Å². The molecule has 5 heterocycles. The normalized spacial score (nSPS) is 18.6. The molecule has 0 aromatic carbocycles. The first kappa shape index (κ1) is 18.9. The minimum atomic E-state index is -0.252. The molecule has 30 heavy (non-hydrogen) atoms. The molecule has 0 unspecified atom stereocenters. The van der Waals surface area contributed by atoms with Crippen LogP contribution < -0.4 is 0 Å². The van der Waals surface area contributed by atoms with Gasteiger partial charge in [0.1, 0.15) is 16.9 Å². The van der Waals surface area contributed by atoms with Crippen LogP contribution in [-0.2, 0) is 10.3 Å². The van der Waals surface area contributed by atoms with Crippen molar-refractivity contribution in [3.05, 3.63) is 48.4 Å². The second-order valence-electron chi connectivity index (χ2n) is 7.99. The highest BCUT2D eigenvalue weighted by atomic mass is 16.5. The Morgan fingerprint density at radius 3 is 2.93 bits per heavy atom. The summed E-state index contributed by atoms with van der Waals surface area (Å²) in [6.45, 7) is 6.15. The molecule has 1 saturated heterocycles. The fraction of sp³-hybridized carbons (Fsp3) is 0.391. The number of pyridine rings is 2. The number of hydrogen-bond donors (Lipinski definition) is 0. The largest absolute Gasteiger partial charge is 0.377 e. The molecule has 0 spiro atoms. The van der Waals surface area contributed by atoms with Crippen molar-refractivity contribution in [1.82, 2.24) is 24.6 Å². The molecule has 3 aromatic heterocycles. The first-order chi connectivity index (χ1) is 14.7. The molecule has 3 aromatic rings. The van der Waals surface area contributed by atoms with Gasteiger partial charge < -0.3 is 4.74 Å². The second-order valence-corrected chi connectivity index (χ2v) is 7.99. The van der Waals surface area contributed by atoms with Gasteiger partial charge in [0.15, 0.2) is 0 Å². The van der Waals surface area contributed by atoms with Crippen LogP contribution in [0.5, 0.6) is 0 Å².